The third-order valence-corrected chi connectivity index (χ3v) is 4.49. The smallest absolute Gasteiger partial charge is 0.283 e. The second-order valence-corrected chi connectivity index (χ2v) is 6.17. The van der Waals surface area contributed by atoms with Gasteiger partial charge in [0.05, 0.1) is 11.9 Å². The number of nitrogens with one attached hydrogen (secondary N) is 1. The van der Waals surface area contributed by atoms with E-state index in [1.807, 2.05) is 41.2 Å². The Hall–Kier alpha value is -2.44. The minimum atomic E-state index is -0.274. The van der Waals surface area contributed by atoms with Crippen molar-refractivity contribution in [1.82, 2.24) is 15.0 Å². The van der Waals surface area contributed by atoms with Crippen LogP contribution in [0.15, 0.2) is 53.9 Å². The molecular formula is C16H13ClN4OS. The molecule has 3 rings (SSSR count). The van der Waals surface area contributed by atoms with Crippen LogP contribution < -0.4 is 5.43 Å². The van der Waals surface area contributed by atoms with Gasteiger partial charge in [0, 0.05) is 17.4 Å². The van der Waals surface area contributed by atoms with E-state index >= 15 is 0 Å². The van der Waals surface area contributed by atoms with Crippen molar-refractivity contribution in [3.8, 4) is 5.13 Å². The minimum absolute atomic E-state index is 0.274. The molecule has 5 nitrogen and oxygen atoms in total. The van der Waals surface area contributed by atoms with Crippen LogP contribution in [0.5, 0.6) is 0 Å². The summed E-state index contributed by atoms with van der Waals surface area (Å²) in [5.41, 5.74) is 4.05. The van der Waals surface area contributed by atoms with Crippen LogP contribution in [0.4, 0.5) is 0 Å². The van der Waals surface area contributed by atoms with E-state index in [0.29, 0.717) is 15.6 Å². The largest absolute Gasteiger partial charge is 0.300 e. The van der Waals surface area contributed by atoms with E-state index in [2.05, 4.69) is 15.5 Å². The number of rotatable bonds is 4. The van der Waals surface area contributed by atoms with Crippen LogP contribution in [0.3, 0.4) is 0 Å². The van der Waals surface area contributed by atoms with Crippen molar-refractivity contribution in [3.05, 3.63) is 69.9 Å². The quantitative estimate of drug-likeness (QED) is 0.580. The number of carbonyl (C=O) groups excluding carboxylic acids is 1. The highest BCUT2D eigenvalue weighted by atomic mass is 35.5. The first-order valence-electron chi connectivity index (χ1n) is 6.83. The molecule has 1 amide bonds. The minimum Gasteiger partial charge on any atom is -0.300 e. The highest BCUT2D eigenvalue weighted by Crippen LogP contribution is 2.21. The SMILES string of the molecule is Cc1nc(-n2cccc2)sc1C(=O)N/N=C/c1ccc(Cl)cc1. The lowest BCUT2D eigenvalue weighted by Gasteiger charge is -1.97. The van der Waals surface area contributed by atoms with Gasteiger partial charge < -0.3 is 4.57 Å². The van der Waals surface area contributed by atoms with Crippen molar-refractivity contribution in [2.45, 2.75) is 6.92 Å². The van der Waals surface area contributed by atoms with Crippen LogP contribution in [0.1, 0.15) is 20.9 Å². The van der Waals surface area contributed by atoms with Gasteiger partial charge in [-0.2, -0.15) is 5.10 Å². The third kappa shape index (κ3) is 3.67. The summed E-state index contributed by atoms with van der Waals surface area (Å²) < 4.78 is 1.87. The molecule has 0 atom stereocenters. The Labute approximate surface area is 142 Å². The molecule has 0 saturated heterocycles. The van der Waals surface area contributed by atoms with Crippen LogP contribution >= 0.6 is 22.9 Å². The van der Waals surface area contributed by atoms with Gasteiger partial charge in [-0.25, -0.2) is 10.4 Å². The molecule has 2 aromatic heterocycles. The highest BCUT2D eigenvalue weighted by Gasteiger charge is 2.15. The summed E-state index contributed by atoms with van der Waals surface area (Å²) in [6.45, 7) is 1.81. The molecule has 0 aliphatic rings. The fourth-order valence-corrected chi connectivity index (χ4v) is 2.98. The average molecular weight is 345 g/mol. The predicted molar refractivity (Wildman–Crippen MR) is 92.7 cm³/mol. The molecule has 1 aromatic carbocycles. The van der Waals surface area contributed by atoms with Gasteiger partial charge in [0.1, 0.15) is 4.88 Å². The van der Waals surface area contributed by atoms with Gasteiger partial charge in [0.2, 0.25) is 0 Å². The van der Waals surface area contributed by atoms with Gasteiger partial charge in [-0.15, -0.1) is 0 Å². The van der Waals surface area contributed by atoms with E-state index in [4.69, 9.17) is 11.6 Å². The Bertz CT molecular complexity index is 838. The number of amides is 1. The van der Waals surface area contributed by atoms with Crippen molar-refractivity contribution in [2.24, 2.45) is 5.10 Å². The number of hydrazone groups is 1. The standard InChI is InChI=1S/C16H13ClN4OS/c1-11-14(23-16(19-11)21-8-2-3-9-21)15(22)20-18-10-12-4-6-13(17)7-5-12/h2-10H,1H3,(H,20,22)/b18-10+. The van der Waals surface area contributed by atoms with Gasteiger partial charge in [0.15, 0.2) is 5.13 Å². The maximum atomic E-state index is 12.2. The van der Waals surface area contributed by atoms with Crippen LogP contribution in [0.2, 0.25) is 5.02 Å². The molecule has 0 aliphatic carbocycles. The Morgan fingerprint density at radius 2 is 2.00 bits per heavy atom. The number of hydrogen-bond donors (Lipinski definition) is 1. The first-order chi connectivity index (χ1) is 11.1. The van der Waals surface area contributed by atoms with E-state index in [1.54, 1.807) is 25.3 Å². The van der Waals surface area contributed by atoms with Crippen molar-refractivity contribution in [2.75, 3.05) is 0 Å². The topological polar surface area (TPSA) is 59.3 Å². The van der Waals surface area contributed by atoms with E-state index < -0.39 is 0 Å². The first-order valence-corrected chi connectivity index (χ1v) is 8.02. The molecule has 0 spiro atoms. The zero-order valence-corrected chi connectivity index (χ0v) is 13.8. The van der Waals surface area contributed by atoms with Crippen molar-refractivity contribution < 1.29 is 4.79 Å². The Balaban J connectivity index is 1.70. The van der Waals surface area contributed by atoms with Crippen LogP contribution in [0, 0.1) is 6.92 Å². The van der Waals surface area contributed by atoms with Gasteiger partial charge in [-0.3, -0.25) is 4.79 Å². The summed E-state index contributed by atoms with van der Waals surface area (Å²) >= 11 is 7.14. The number of aryl methyl sites for hydroxylation is 1. The van der Waals surface area contributed by atoms with Gasteiger partial charge in [-0.05, 0) is 36.8 Å². The second kappa shape index (κ2) is 6.76. The Morgan fingerprint density at radius 3 is 2.70 bits per heavy atom. The Morgan fingerprint density at radius 1 is 1.30 bits per heavy atom. The first kappa shape index (κ1) is 15.5. The molecular weight excluding hydrogens is 332 g/mol. The lowest BCUT2D eigenvalue weighted by Crippen LogP contribution is -2.17. The summed E-state index contributed by atoms with van der Waals surface area (Å²) in [5, 5.41) is 5.37. The third-order valence-electron chi connectivity index (χ3n) is 3.07. The van der Waals surface area contributed by atoms with Gasteiger partial charge >= 0.3 is 0 Å². The van der Waals surface area contributed by atoms with Crippen molar-refractivity contribution >= 4 is 35.1 Å². The Kier molecular flexibility index (Phi) is 4.55. The van der Waals surface area contributed by atoms with E-state index in [-0.39, 0.29) is 5.91 Å². The maximum absolute atomic E-state index is 12.2. The zero-order chi connectivity index (χ0) is 16.2. The predicted octanol–water partition coefficient (Wildman–Crippen LogP) is 3.66. The maximum Gasteiger partial charge on any atom is 0.283 e. The normalized spacial score (nSPS) is 11.0. The lowest BCUT2D eigenvalue weighted by molar-refractivity contribution is 0.0958. The number of carbonyl (C=O) groups is 1. The van der Waals surface area contributed by atoms with E-state index in [1.165, 1.54) is 11.3 Å². The molecule has 23 heavy (non-hydrogen) atoms. The molecule has 2 heterocycles. The monoisotopic (exact) mass is 344 g/mol. The molecule has 0 radical (unpaired) electrons. The van der Waals surface area contributed by atoms with E-state index in [0.717, 1.165) is 10.7 Å². The summed E-state index contributed by atoms with van der Waals surface area (Å²) in [7, 11) is 0. The van der Waals surface area contributed by atoms with Gasteiger partial charge in [0.25, 0.3) is 5.91 Å². The van der Waals surface area contributed by atoms with Crippen LogP contribution in [-0.2, 0) is 0 Å². The number of halogens is 1. The molecule has 0 fully saturated rings. The summed E-state index contributed by atoms with van der Waals surface area (Å²) in [4.78, 5) is 17.2. The molecule has 0 bridgehead atoms. The fraction of sp³-hybridized carbons (Fsp3) is 0.0625. The van der Waals surface area contributed by atoms with Gasteiger partial charge in [-0.1, -0.05) is 35.1 Å². The number of thiazole rings is 1. The summed E-state index contributed by atoms with van der Waals surface area (Å²) in [6, 6.07) is 11.0. The number of benzene rings is 1. The highest BCUT2D eigenvalue weighted by molar-refractivity contribution is 7.16. The number of nitrogens with zero attached hydrogens (tertiary/aromatic N) is 3. The van der Waals surface area contributed by atoms with Crippen molar-refractivity contribution in [3.63, 3.8) is 0 Å². The molecule has 0 unspecified atom stereocenters. The zero-order valence-electron chi connectivity index (χ0n) is 12.2. The lowest BCUT2D eigenvalue weighted by atomic mass is 10.2. The molecule has 3 aromatic rings. The van der Waals surface area contributed by atoms with Crippen LogP contribution in [0.25, 0.3) is 5.13 Å². The second-order valence-electron chi connectivity index (χ2n) is 4.75. The molecule has 0 saturated carbocycles. The molecule has 0 aliphatic heterocycles. The number of aromatic nitrogens is 2. The van der Waals surface area contributed by atoms with E-state index in [9.17, 15) is 4.79 Å². The fourth-order valence-electron chi connectivity index (χ4n) is 1.93. The van der Waals surface area contributed by atoms with Crippen molar-refractivity contribution in [1.29, 1.82) is 0 Å². The molecule has 7 heteroatoms. The molecule has 1 N–H and O–H groups in total. The average Bonchev–Trinajstić information content (AvgIpc) is 3.18. The summed E-state index contributed by atoms with van der Waals surface area (Å²) in [5.74, 6) is -0.274. The number of hydrogen-bond acceptors (Lipinski definition) is 4. The molecule has 116 valence electrons. The van der Waals surface area contributed by atoms with Crippen LogP contribution in [-0.4, -0.2) is 21.7 Å². The summed E-state index contributed by atoms with van der Waals surface area (Å²) in [6.07, 6.45) is 5.34.